The molecule has 0 amide bonds. The van der Waals surface area contributed by atoms with E-state index in [4.69, 9.17) is 0 Å². The van der Waals surface area contributed by atoms with Crippen molar-refractivity contribution in [2.75, 3.05) is 9.44 Å². The van der Waals surface area contributed by atoms with Crippen LogP contribution in [0.3, 0.4) is 0 Å². The van der Waals surface area contributed by atoms with Crippen LogP contribution in [0.1, 0.15) is 17.9 Å². The van der Waals surface area contributed by atoms with E-state index in [1.54, 1.807) is 5.38 Å². The van der Waals surface area contributed by atoms with E-state index in [9.17, 15) is 16.8 Å². The average molecular weight is 451 g/mol. The molecule has 3 N–H and O–H groups in total. The van der Waals surface area contributed by atoms with Gasteiger partial charge in [0.2, 0.25) is 0 Å². The van der Waals surface area contributed by atoms with E-state index in [1.165, 1.54) is 30.5 Å². The number of rotatable bonds is 8. The van der Waals surface area contributed by atoms with Gasteiger partial charge in [-0.1, -0.05) is 30.3 Å². The minimum absolute atomic E-state index is 0.00921. The second kappa shape index (κ2) is 7.75. The zero-order valence-corrected chi connectivity index (χ0v) is 17.5. The van der Waals surface area contributed by atoms with Crippen LogP contribution in [0.4, 0.5) is 10.8 Å². The molecule has 4 rings (SSSR count). The fourth-order valence-corrected chi connectivity index (χ4v) is 5.88. The predicted molar refractivity (Wildman–Crippen MR) is 113 cm³/mol. The van der Waals surface area contributed by atoms with Gasteiger partial charge in [-0.05, 0) is 36.2 Å². The molecule has 1 heterocycles. The number of anilines is 2. The Morgan fingerprint density at radius 2 is 1.66 bits per heavy atom. The molecule has 0 aliphatic heterocycles. The van der Waals surface area contributed by atoms with Gasteiger partial charge < -0.3 is 0 Å². The number of aromatic nitrogens is 1. The Hall–Kier alpha value is -2.47. The first kappa shape index (κ1) is 19.8. The molecule has 29 heavy (non-hydrogen) atoms. The maximum absolute atomic E-state index is 12.4. The van der Waals surface area contributed by atoms with E-state index in [2.05, 4.69) is 19.2 Å². The van der Waals surface area contributed by atoms with Gasteiger partial charge >= 0.3 is 0 Å². The first-order valence-electron chi connectivity index (χ1n) is 8.70. The highest BCUT2D eigenvalue weighted by atomic mass is 32.2. The van der Waals surface area contributed by atoms with Crippen molar-refractivity contribution in [3.8, 4) is 0 Å². The Morgan fingerprint density at radius 3 is 2.31 bits per heavy atom. The summed E-state index contributed by atoms with van der Waals surface area (Å²) < 4.78 is 56.8. The molecule has 1 aliphatic carbocycles. The van der Waals surface area contributed by atoms with Crippen molar-refractivity contribution in [1.82, 2.24) is 9.71 Å². The summed E-state index contributed by atoms with van der Waals surface area (Å²) in [5, 5.41) is 1.92. The summed E-state index contributed by atoms with van der Waals surface area (Å²) in [7, 11) is -7.56. The van der Waals surface area contributed by atoms with E-state index in [0.29, 0.717) is 0 Å². The highest BCUT2D eigenvalue weighted by Crippen LogP contribution is 2.41. The summed E-state index contributed by atoms with van der Waals surface area (Å²) in [5.74, 6) is 0.164. The molecule has 0 radical (unpaired) electrons. The lowest BCUT2D eigenvalue weighted by Gasteiger charge is -2.10. The number of benzene rings is 2. The third kappa shape index (κ3) is 4.93. The molecule has 2 atom stereocenters. The minimum atomic E-state index is -3.79. The van der Waals surface area contributed by atoms with E-state index in [0.717, 1.165) is 23.3 Å². The molecule has 8 nitrogen and oxygen atoms in total. The zero-order chi connectivity index (χ0) is 20.5. The summed E-state index contributed by atoms with van der Waals surface area (Å²) in [6.07, 6.45) is 2.24. The lowest BCUT2D eigenvalue weighted by atomic mass is 10.1. The maximum atomic E-state index is 12.4. The summed E-state index contributed by atoms with van der Waals surface area (Å²) in [6, 6.07) is 15.0. The van der Waals surface area contributed by atoms with Crippen LogP contribution in [0.2, 0.25) is 0 Å². The van der Waals surface area contributed by atoms with Crippen LogP contribution in [-0.4, -0.2) is 27.9 Å². The van der Waals surface area contributed by atoms with Gasteiger partial charge in [0.15, 0.2) is 5.13 Å². The standard InChI is InChI=1S/C18H18N4O4S3/c23-28(24,22-18-19-10-11-27-18)15-8-6-14(7-9-15)20-29(25,26)21-17-12-16(17)13-4-2-1-3-5-13/h1-11,16-17,20-21H,12H2,(H,19,22)/t16-,17?/m1/s1. The third-order valence-corrected chi connectivity index (χ3v) is 7.69. The van der Waals surface area contributed by atoms with Crippen molar-refractivity contribution in [3.63, 3.8) is 0 Å². The molecule has 152 valence electrons. The molecule has 1 aliphatic rings. The largest absolute Gasteiger partial charge is 0.299 e. The molecular weight excluding hydrogens is 432 g/mol. The van der Waals surface area contributed by atoms with Crippen molar-refractivity contribution in [3.05, 3.63) is 71.7 Å². The lowest BCUT2D eigenvalue weighted by Crippen LogP contribution is -2.32. The number of hydrogen-bond acceptors (Lipinski definition) is 6. The normalized spacial score (nSPS) is 18.9. The Labute approximate surface area is 173 Å². The van der Waals surface area contributed by atoms with E-state index >= 15 is 0 Å². The van der Waals surface area contributed by atoms with Crippen LogP contribution in [0, 0.1) is 0 Å². The summed E-state index contributed by atoms with van der Waals surface area (Å²) in [5.41, 5.74) is 1.37. The van der Waals surface area contributed by atoms with Crippen LogP contribution in [0.15, 0.2) is 71.1 Å². The van der Waals surface area contributed by atoms with Gasteiger partial charge in [-0.15, -0.1) is 11.3 Å². The lowest BCUT2D eigenvalue weighted by molar-refractivity contribution is 0.585. The number of nitrogens with zero attached hydrogens (tertiary/aromatic N) is 1. The maximum Gasteiger partial charge on any atom is 0.299 e. The molecule has 1 fully saturated rings. The quantitative estimate of drug-likeness (QED) is 0.488. The average Bonchev–Trinajstić information content (AvgIpc) is 3.24. The van der Waals surface area contributed by atoms with Crippen LogP contribution < -0.4 is 14.2 Å². The predicted octanol–water partition coefficient (Wildman–Crippen LogP) is 2.75. The molecule has 1 unspecified atom stereocenters. The monoisotopic (exact) mass is 450 g/mol. The number of sulfonamides is 1. The van der Waals surface area contributed by atoms with Crippen molar-refractivity contribution in [1.29, 1.82) is 0 Å². The van der Waals surface area contributed by atoms with E-state index < -0.39 is 20.2 Å². The topological polar surface area (TPSA) is 117 Å². The SMILES string of the molecule is O=S(=O)(Nc1ccc(S(=O)(=O)Nc2nccs2)cc1)NC1C[C@@H]1c1ccccc1. The molecule has 0 saturated heterocycles. The number of hydrogen-bond donors (Lipinski definition) is 3. The van der Waals surface area contributed by atoms with Gasteiger partial charge in [0.25, 0.3) is 20.2 Å². The Kier molecular flexibility index (Phi) is 5.30. The number of nitrogens with one attached hydrogen (secondary N) is 3. The number of thiazole rings is 1. The Bertz CT molecular complexity index is 1180. The fraction of sp³-hybridized carbons (Fsp3) is 0.167. The van der Waals surface area contributed by atoms with E-state index in [1.807, 2.05) is 30.3 Å². The van der Waals surface area contributed by atoms with Crippen LogP contribution in [0.5, 0.6) is 0 Å². The Morgan fingerprint density at radius 1 is 0.931 bits per heavy atom. The highest BCUT2D eigenvalue weighted by molar-refractivity contribution is 7.93. The van der Waals surface area contributed by atoms with Gasteiger partial charge in [-0.3, -0.25) is 9.44 Å². The molecule has 1 saturated carbocycles. The molecular formula is C18H18N4O4S3. The van der Waals surface area contributed by atoms with Gasteiger partial charge in [0, 0.05) is 29.2 Å². The van der Waals surface area contributed by atoms with Crippen LogP contribution >= 0.6 is 11.3 Å². The summed E-state index contributed by atoms with van der Waals surface area (Å²) in [4.78, 5) is 3.89. The van der Waals surface area contributed by atoms with Gasteiger partial charge in [-0.2, -0.15) is 13.1 Å². The first-order chi connectivity index (χ1) is 13.8. The van der Waals surface area contributed by atoms with Crippen LogP contribution in [-0.2, 0) is 20.2 Å². The van der Waals surface area contributed by atoms with E-state index in [-0.39, 0.29) is 27.7 Å². The van der Waals surface area contributed by atoms with Crippen molar-refractivity contribution >= 4 is 42.4 Å². The molecule has 1 aromatic heterocycles. The molecule has 2 aromatic carbocycles. The highest BCUT2D eigenvalue weighted by Gasteiger charge is 2.40. The van der Waals surface area contributed by atoms with Gasteiger partial charge in [0.1, 0.15) is 0 Å². The second-order valence-corrected chi connectivity index (χ2v) is 10.6. The Balaban J connectivity index is 1.38. The van der Waals surface area contributed by atoms with Crippen molar-refractivity contribution in [2.24, 2.45) is 0 Å². The van der Waals surface area contributed by atoms with Crippen LogP contribution in [0.25, 0.3) is 0 Å². The first-order valence-corrected chi connectivity index (χ1v) is 12.5. The molecule has 0 spiro atoms. The molecule has 3 aromatic rings. The molecule has 11 heteroatoms. The summed E-state index contributed by atoms with van der Waals surface area (Å²) in [6.45, 7) is 0. The van der Waals surface area contributed by atoms with Gasteiger partial charge in [0.05, 0.1) is 4.90 Å². The minimum Gasteiger partial charge on any atom is -0.271 e. The zero-order valence-electron chi connectivity index (χ0n) is 15.0. The summed E-state index contributed by atoms with van der Waals surface area (Å²) >= 11 is 1.16. The third-order valence-electron chi connectivity index (χ3n) is 4.40. The smallest absolute Gasteiger partial charge is 0.271 e. The van der Waals surface area contributed by atoms with Crippen molar-refractivity contribution < 1.29 is 16.8 Å². The van der Waals surface area contributed by atoms with Gasteiger partial charge in [-0.25, -0.2) is 13.4 Å². The molecule has 0 bridgehead atoms. The van der Waals surface area contributed by atoms with Crippen molar-refractivity contribution in [2.45, 2.75) is 23.3 Å². The fourth-order valence-electron chi connectivity index (χ4n) is 2.93. The second-order valence-electron chi connectivity index (χ2n) is 6.55.